The molecule has 0 unspecified atom stereocenters. The van der Waals surface area contributed by atoms with Gasteiger partial charge in [0, 0.05) is 17.7 Å². The number of carbonyl (C=O) groups is 1. The Morgan fingerprint density at radius 2 is 2.00 bits per heavy atom. The molecule has 128 valence electrons. The molecule has 0 aliphatic heterocycles. The minimum atomic E-state index is -0.477. The van der Waals surface area contributed by atoms with Crippen molar-refractivity contribution in [3.8, 4) is 11.3 Å². The zero-order valence-electron chi connectivity index (χ0n) is 13.4. The summed E-state index contributed by atoms with van der Waals surface area (Å²) in [6, 6.07) is 5.87. The van der Waals surface area contributed by atoms with Crippen molar-refractivity contribution in [2.24, 2.45) is 0 Å². The van der Waals surface area contributed by atoms with Crippen molar-refractivity contribution in [1.29, 1.82) is 0 Å². The van der Waals surface area contributed by atoms with Gasteiger partial charge >= 0.3 is 5.97 Å². The molecule has 0 aliphatic rings. The van der Waals surface area contributed by atoms with Crippen LogP contribution in [0.25, 0.3) is 11.3 Å². The van der Waals surface area contributed by atoms with Gasteiger partial charge in [-0.2, -0.15) is 4.37 Å². The second kappa shape index (κ2) is 8.39. The van der Waals surface area contributed by atoms with Crippen molar-refractivity contribution in [2.75, 3.05) is 12.3 Å². The first kappa shape index (κ1) is 17.9. The molecule has 1 heterocycles. The normalized spacial score (nSPS) is 10.5. The maximum Gasteiger partial charge on any atom is 0.352 e. The second-order valence-electron chi connectivity index (χ2n) is 5.27. The van der Waals surface area contributed by atoms with Crippen LogP contribution in [0.3, 0.4) is 0 Å². The SMILES string of the molecule is CCCCCCOC(=O)c1snc(-c2ccc([N+](=O)[O-])cc2)c1N. The van der Waals surface area contributed by atoms with E-state index in [1.54, 1.807) is 12.1 Å². The van der Waals surface area contributed by atoms with Crippen LogP contribution in [0.2, 0.25) is 0 Å². The highest BCUT2D eigenvalue weighted by molar-refractivity contribution is 7.09. The largest absolute Gasteiger partial charge is 0.461 e. The molecule has 0 atom stereocenters. The van der Waals surface area contributed by atoms with Gasteiger partial charge in [0.25, 0.3) is 5.69 Å². The lowest BCUT2D eigenvalue weighted by molar-refractivity contribution is -0.384. The van der Waals surface area contributed by atoms with Gasteiger partial charge in [0.2, 0.25) is 0 Å². The molecule has 1 aromatic carbocycles. The summed E-state index contributed by atoms with van der Waals surface area (Å²) in [7, 11) is 0. The Balaban J connectivity index is 2.04. The highest BCUT2D eigenvalue weighted by Crippen LogP contribution is 2.32. The average Bonchev–Trinajstić information content (AvgIpc) is 2.96. The maximum absolute atomic E-state index is 12.1. The molecule has 0 radical (unpaired) electrons. The van der Waals surface area contributed by atoms with E-state index in [1.807, 2.05) is 0 Å². The van der Waals surface area contributed by atoms with Gasteiger partial charge in [0.15, 0.2) is 4.88 Å². The number of hydrogen-bond donors (Lipinski definition) is 1. The van der Waals surface area contributed by atoms with Crippen molar-refractivity contribution >= 4 is 28.9 Å². The van der Waals surface area contributed by atoms with Crippen molar-refractivity contribution in [1.82, 2.24) is 4.37 Å². The van der Waals surface area contributed by atoms with Crippen molar-refractivity contribution < 1.29 is 14.5 Å². The smallest absolute Gasteiger partial charge is 0.352 e. The van der Waals surface area contributed by atoms with Gasteiger partial charge in [-0.3, -0.25) is 10.1 Å². The fourth-order valence-electron chi connectivity index (χ4n) is 2.15. The Morgan fingerprint density at radius 3 is 2.62 bits per heavy atom. The fraction of sp³-hybridized carbons (Fsp3) is 0.375. The summed E-state index contributed by atoms with van der Waals surface area (Å²) in [5, 5.41) is 10.7. The molecule has 0 amide bonds. The van der Waals surface area contributed by atoms with Gasteiger partial charge in [-0.1, -0.05) is 26.2 Å². The fourth-order valence-corrected chi connectivity index (χ4v) is 2.87. The number of ether oxygens (including phenoxy) is 1. The number of nitrogens with two attached hydrogens (primary N) is 1. The Hall–Kier alpha value is -2.48. The molecule has 0 saturated carbocycles. The molecule has 8 heteroatoms. The zero-order chi connectivity index (χ0) is 17.5. The lowest BCUT2D eigenvalue weighted by Crippen LogP contribution is -2.07. The lowest BCUT2D eigenvalue weighted by atomic mass is 10.1. The Kier molecular flexibility index (Phi) is 6.25. The minimum Gasteiger partial charge on any atom is -0.461 e. The summed E-state index contributed by atoms with van der Waals surface area (Å²) >= 11 is 0.974. The third kappa shape index (κ3) is 4.29. The Morgan fingerprint density at radius 1 is 1.29 bits per heavy atom. The van der Waals surface area contributed by atoms with E-state index in [9.17, 15) is 14.9 Å². The number of nitro benzene ring substituents is 1. The summed E-state index contributed by atoms with van der Waals surface area (Å²) < 4.78 is 9.40. The molecule has 7 nitrogen and oxygen atoms in total. The predicted molar refractivity (Wildman–Crippen MR) is 93.0 cm³/mol. The molecule has 2 rings (SSSR count). The first-order chi connectivity index (χ1) is 11.5. The molecule has 1 aromatic heterocycles. The first-order valence-electron chi connectivity index (χ1n) is 7.71. The van der Waals surface area contributed by atoms with E-state index in [0.29, 0.717) is 17.9 Å². The van der Waals surface area contributed by atoms with Crippen LogP contribution in [0.4, 0.5) is 11.4 Å². The number of hydrogen-bond acceptors (Lipinski definition) is 7. The highest BCUT2D eigenvalue weighted by atomic mass is 32.1. The number of esters is 1. The topological polar surface area (TPSA) is 108 Å². The third-order valence-corrected chi connectivity index (χ3v) is 4.34. The number of nitro groups is 1. The number of non-ortho nitro benzene ring substituents is 1. The van der Waals surface area contributed by atoms with Gasteiger partial charge < -0.3 is 10.5 Å². The van der Waals surface area contributed by atoms with Gasteiger partial charge in [-0.15, -0.1) is 0 Å². The molecule has 24 heavy (non-hydrogen) atoms. The number of carbonyl (C=O) groups excluding carboxylic acids is 1. The van der Waals surface area contributed by atoms with Crippen LogP contribution in [0, 0.1) is 10.1 Å². The number of nitrogen functional groups attached to an aromatic ring is 1. The van der Waals surface area contributed by atoms with E-state index in [1.165, 1.54) is 12.1 Å². The molecule has 2 aromatic rings. The number of unbranched alkanes of at least 4 members (excludes halogenated alkanes) is 3. The van der Waals surface area contributed by atoms with Crippen LogP contribution in [-0.2, 0) is 4.74 Å². The number of aromatic nitrogens is 1. The standard InChI is InChI=1S/C16H19N3O4S/c1-2-3-4-5-10-23-16(20)15-13(17)14(18-24-15)11-6-8-12(9-7-11)19(21)22/h6-9H,2-5,10,17H2,1H3. The minimum absolute atomic E-state index is 0.0146. The van der Waals surface area contributed by atoms with Crippen molar-refractivity contribution in [3.63, 3.8) is 0 Å². The number of benzene rings is 1. The summed E-state index contributed by atoms with van der Waals surface area (Å²) in [6.45, 7) is 2.48. The first-order valence-corrected chi connectivity index (χ1v) is 8.49. The van der Waals surface area contributed by atoms with E-state index in [4.69, 9.17) is 10.5 Å². The number of nitrogens with zero attached hydrogens (tertiary/aromatic N) is 2. The van der Waals surface area contributed by atoms with Gasteiger partial charge in [0.1, 0.15) is 5.69 Å². The molecule has 0 spiro atoms. The van der Waals surface area contributed by atoms with Crippen LogP contribution in [0.1, 0.15) is 42.3 Å². The zero-order valence-corrected chi connectivity index (χ0v) is 14.2. The summed E-state index contributed by atoms with van der Waals surface area (Å²) in [5.41, 5.74) is 7.29. The quantitative estimate of drug-likeness (QED) is 0.333. The summed E-state index contributed by atoms with van der Waals surface area (Å²) in [5.74, 6) is -0.477. The molecular weight excluding hydrogens is 330 g/mol. The van der Waals surface area contributed by atoms with Crippen LogP contribution < -0.4 is 5.73 Å². The molecule has 0 saturated heterocycles. The summed E-state index contributed by atoms with van der Waals surface area (Å²) in [4.78, 5) is 22.5. The highest BCUT2D eigenvalue weighted by Gasteiger charge is 2.20. The van der Waals surface area contributed by atoms with Gasteiger partial charge in [0.05, 0.1) is 17.2 Å². The van der Waals surface area contributed by atoms with Crippen molar-refractivity contribution in [2.45, 2.75) is 32.6 Å². The molecule has 2 N–H and O–H groups in total. The number of rotatable bonds is 8. The van der Waals surface area contributed by atoms with E-state index < -0.39 is 10.9 Å². The van der Waals surface area contributed by atoms with Gasteiger partial charge in [-0.05, 0) is 30.1 Å². The Labute approximate surface area is 143 Å². The maximum atomic E-state index is 12.1. The molecule has 0 fully saturated rings. The van der Waals surface area contributed by atoms with Crippen LogP contribution in [-0.4, -0.2) is 21.9 Å². The van der Waals surface area contributed by atoms with E-state index in [-0.39, 0.29) is 16.3 Å². The van der Waals surface area contributed by atoms with Crippen LogP contribution >= 0.6 is 11.5 Å². The van der Waals surface area contributed by atoms with Gasteiger partial charge in [-0.25, -0.2) is 4.79 Å². The predicted octanol–water partition coefficient (Wildman–Crippen LogP) is 4.04. The lowest BCUT2D eigenvalue weighted by Gasteiger charge is -2.04. The molecule has 0 aliphatic carbocycles. The average molecular weight is 349 g/mol. The van der Waals surface area contributed by atoms with Crippen LogP contribution in [0.15, 0.2) is 24.3 Å². The van der Waals surface area contributed by atoms with Crippen molar-refractivity contribution in [3.05, 3.63) is 39.3 Å². The van der Waals surface area contributed by atoms with E-state index in [0.717, 1.165) is 37.2 Å². The number of anilines is 1. The molecule has 0 bridgehead atoms. The third-order valence-electron chi connectivity index (χ3n) is 3.50. The van der Waals surface area contributed by atoms with Crippen LogP contribution in [0.5, 0.6) is 0 Å². The van der Waals surface area contributed by atoms with E-state index >= 15 is 0 Å². The monoisotopic (exact) mass is 349 g/mol. The Bertz CT molecular complexity index is 713. The summed E-state index contributed by atoms with van der Waals surface area (Å²) in [6.07, 6.45) is 4.09. The molecular formula is C16H19N3O4S. The second-order valence-corrected chi connectivity index (χ2v) is 6.05. The van der Waals surface area contributed by atoms with E-state index in [2.05, 4.69) is 11.3 Å².